The van der Waals surface area contributed by atoms with Crippen LogP contribution < -0.4 is 5.32 Å². The number of anilines is 1. The van der Waals surface area contributed by atoms with Crippen molar-refractivity contribution in [3.8, 4) is 11.4 Å². The zero-order valence-corrected chi connectivity index (χ0v) is 16.7. The number of pyridine rings is 1. The molecule has 4 heterocycles. The highest BCUT2D eigenvalue weighted by Crippen LogP contribution is 2.27. The number of nitrogens with one attached hydrogen (secondary N) is 1. The number of rotatable bonds is 6. The molecule has 0 saturated carbocycles. The number of hydrogen-bond acceptors (Lipinski definition) is 6. The number of nitrogens with zero attached hydrogens (tertiary/aromatic N) is 5. The quantitative estimate of drug-likeness (QED) is 0.752. The number of aromatic nitrogens is 3. The van der Waals surface area contributed by atoms with Gasteiger partial charge in [-0.15, -0.1) is 0 Å². The molecule has 0 atom stereocenters. The van der Waals surface area contributed by atoms with Crippen molar-refractivity contribution in [3.05, 3.63) is 35.8 Å². The second-order valence-corrected chi connectivity index (χ2v) is 7.51. The Morgan fingerprint density at radius 3 is 2.72 bits per heavy atom. The topological polar surface area (TPSA) is 91.3 Å². The molecule has 2 aliphatic rings. The molecule has 152 valence electrons. The van der Waals surface area contributed by atoms with Crippen LogP contribution in [0.5, 0.6) is 0 Å². The van der Waals surface area contributed by atoms with E-state index in [1.54, 1.807) is 19.3 Å². The molecule has 0 aromatic carbocycles. The summed E-state index contributed by atoms with van der Waals surface area (Å²) in [4.78, 5) is 40.9. The maximum absolute atomic E-state index is 11.8. The number of carbonyl (C=O) groups is 2. The first-order valence-electron chi connectivity index (χ1n) is 10.2. The highest BCUT2D eigenvalue weighted by molar-refractivity contribution is 5.78. The van der Waals surface area contributed by atoms with E-state index in [9.17, 15) is 9.59 Å². The standard InChI is InChI=1S/C21H26N6O2/c1-15(28)27-13-7-17-18(14-27)24-20(16-5-9-22-10-6-16)25-21(17)23-8-3-12-26-11-2-4-19(26)29/h5-6,9-10H,2-4,7-8,11-14H2,1H3,(H,23,24,25). The van der Waals surface area contributed by atoms with Crippen LogP contribution in [0.2, 0.25) is 0 Å². The molecule has 1 fully saturated rings. The van der Waals surface area contributed by atoms with Gasteiger partial charge in [-0.05, 0) is 31.4 Å². The van der Waals surface area contributed by atoms with Crippen LogP contribution in [-0.2, 0) is 22.6 Å². The summed E-state index contributed by atoms with van der Waals surface area (Å²) in [6, 6.07) is 3.77. The van der Waals surface area contributed by atoms with Crippen molar-refractivity contribution in [1.82, 2.24) is 24.8 Å². The van der Waals surface area contributed by atoms with E-state index in [0.717, 1.165) is 61.5 Å². The van der Waals surface area contributed by atoms with E-state index in [0.29, 0.717) is 25.3 Å². The molecule has 2 aromatic rings. The van der Waals surface area contributed by atoms with Gasteiger partial charge in [0.2, 0.25) is 11.8 Å². The summed E-state index contributed by atoms with van der Waals surface area (Å²) in [5.41, 5.74) is 2.87. The van der Waals surface area contributed by atoms with Crippen molar-refractivity contribution >= 4 is 17.6 Å². The van der Waals surface area contributed by atoms with Crippen molar-refractivity contribution in [2.45, 2.75) is 39.2 Å². The lowest BCUT2D eigenvalue weighted by Crippen LogP contribution is -2.35. The third-order valence-electron chi connectivity index (χ3n) is 5.52. The van der Waals surface area contributed by atoms with Crippen molar-refractivity contribution in [2.75, 3.05) is 31.5 Å². The minimum atomic E-state index is 0.0597. The summed E-state index contributed by atoms with van der Waals surface area (Å²) >= 11 is 0. The number of carbonyl (C=O) groups excluding carboxylic acids is 2. The summed E-state index contributed by atoms with van der Waals surface area (Å²) in [6.07, 6.45) is 6.69. The fraction of sp³-hybridized carbons (Fsp3) is 0.476. The third kappa shape index (κ3) is 4.36. The second-order valence-electron chi connectivity index (χ2n) is 7.51. The number of likely N-dealkylation sites (tertiary alicyclic amines) is 1. The fourth-order valence-electron chi connectivity index (χ4n) is 3.89. The van der Waals surface area contributed by atoms with Crippen LogP contribution in [0, 0.1) is 0 Å². The molecule has 8 heteroatoms. The Kier molecular flexibility index (Phi) is 5.69. The van der Waals surface area contributed by atoms with Gasteiger partial charge in [0.25, 0.3) is 0 Å². The monoisotopic (exact) mass is 394 g/mol. The molecule has 4 rings (SSSR count). The summed E-state index contributed by atoms with van der Waals surface area (Å²) < 4.78 is 0. The average Bonchev–Trinajstić information content (AvgIpc) is 3.15. The molecular formula is C21H26N6O2. The normalized spacial score (nSPS) is 16.1. The van der Waals surface area contributed by atoms with Crippen LogP contribution >= 0.6 is 0 Å². The van der Waals surface area contributed by atoms with Gasteiger partial charge < -0.3 is 15.1 Å². The van der Waals surface area contributed by atoms with Crippen LogP contribution in [0.1, 0.15) is 37.4 Å². The van der Waals surface area contributed by atoms with E-state index in [2.05, 4.69) is 10.3 Å². The van der Waals surface area contributed by atoms with Gasteiger partial charge in [-0.3, -0.25) is 14.6 Å². The Morgan fingerprint density at radius 2 is 2.00 bits per heavy atom. The lowest BCUT2D eigenvalue weighted by molar-refractivity contribution is -0.130. The summed E-state index contributed by atoms with van der Waals surface area (Å²) in [6.45, 7) is 5.15. The molecule has 2 amide bonds. The zero-order valence-electron chi connectivity index (χ0n) is 16.7. The van der Waals surface area contributed by atoms with Gasteiger partial charge in [0.05, 0.1) is 12.2 Å². The van der Waals surface area contributed by atoms with Crippen molar-refractivity contribution < 1.29 is 9.59 Å². The van der Waals surface area contributed by atoms with Crippen LogP contribution in [0.15, 0.2) is 24.5 Å². The Balaban J connectivity index is 1.52. The lowest BCUT2D eigenvalue weighted by atomic mass is 10.0. The lowest BCUT2D eigenvalue weighted by Gasteiger charge is -2.28. The van der Waals surface area contributed by atoms with Gasteiger partial charge in [0, 0.05) is 63.0 Å². The highest BCUT2D eigenvalue weighted by atomic mass is 16.2. The van der Waals surface area contributed by atoms with Crippen LogP contribution in [-0.4, -0.2) is 62.7 Å². The van der Waals surface area contributed by atoms with Gasteiger partial charge >= 0.3 is 0 Å². The SMILES string of the molecule is CC(=O)N1CCc2c(nc(-c3ccncc3)nc2NCCCN2CCCC2=O)C1. The minimum absolute atomic E-state index is 0.0597. The Morgan fingerprint density at radius 1 is 1.17 bits per heavy atom. The molecule has 0 aliphatic carbocycles. The molecule has 2 aromatic heterocycles. The zero-order chi connectivity index (χ0) is 20.2. The summed E-state index contributed by atoms with van der Waals surface area (Å²) in [5.74, 6) is 1.78. The number of fused-ring (bicyclic) bond motifs is 1. The van der Waals surface area contributed by atoms with E-state index >= 15 is 0 Å². The smallest absolute Gasteiger partial charge is 0.222 e. The Bertz CT molecular complexity index is 902. The van der Waals surface area contributed by atoms with Gasteiger partial charge in [0.1, 0.15) is 5.82 Å². The molecule has 1 saturated heterocycles. The Hall–Kier alpha value is -3.03. The Labute approximate surface area is 170 Å². The molecule has 1 N–H and O–H groups in total. The van der Waals surface area contributed by atoms with E-state index in [1.165, 1.54) is 0 Å². The van der Waals surface area contributed by atoms with Crippen molar-refractivity contribution in [2.24, 2.45) is 0 Å². The van der Waals surface area contributed by atoms with E-state index in [4.69, 9.17) is 9.97 Å². The van der Waals surface area contributed by atoms with E-state index in [1.807, 2.05) is 21.9 Å². The highest BCUT2D eigenvalue weighted by Gasteiger charge is 2.24. The first kappa shape index (κ1) is 19.3. The molecule has 2 aliphatic heterocycles. The van der Waals surface area contributed by atoms with Crippen LogP contribution in [0.25, 0.3) is 11.4 Å². The summed E-state index contributed by atoms with van der Waals surface area (Å²) in [7, 11) is 0. The van der Waals surface area contributed by atoms with Crippen LogP contribution in [0.3, 0.4) is 0 Å². The first-order chi connectivity index (χ1) is 14.1. The fourth-order valence-corrected chi connectivity index (χ4v) is 3.89. The van der Waals surface area contributed by atoms with Crippen molar-refractivity contribution in [1.29, 1.82) is 0 Å². The second kappa shape index (κ2) is 8.55. The maximum Gasteiger partial charge on any atom is 0.222 e. The summed E-state index contributed by atoms with van der Waals surface area (Å²) in [5, 5.41) is 3.46. The predicted molar refractivity (Wildman–Crippen MR) is 109 cm³/mol. The average molecular weight is 394 g/mol. The minimum Gasteiger partial charge on any atom is -0.370 e. The van der Waals surface area contributed by atoms with Gasteiger partial charge in [0.15, 0.2) is 5.82 Å². The molecular weight excluding hydrogens is 368 g/mol. The van der Waals surface area contributed by atoms with Crippen LogP contribution in [0.4, 0.5) is 5.82 Å². The molecule has 0 unspecified atom stereocenters. The first-order valence-corrected chi connectivity index (χ1v) is 10.2. The predicted octanol–water partition coefficient (Wildman–Crippen LogP) is 1.87. The maximum atomic E-state index is 11.8. The van der Waals surface area contributed by atoms with Gasteiger partial charge in [-0.2, -0.15) is 0 Å². The van der Waals surface area contributed by atoms with Crippen molar-refractivity contribution in [3.63, 3.8) is 0 Å². The molecule has 0 spiro atoms. The van der Waals surface area contributed by atoms with E-state index in [-0.39, 0.29) is 11.8 Å². The van der Waals surface area contributed by atoms with Gasteiger partial charge in [-0.25, -0.2) is 9.97 Å². The largest absolute Gasteiger partial charge is 0.370 e. The number of amides is 2. The molecule has 0 bridgehead atoms. The third-order valence-corrected chi connectivity index (χ3v) is 5.52. The molecule has 29 heavy (non-hydrogen) atoms. The van der Waals surface area contributed by atoms with E-state index < -0.39 is 0 Å². The van der Waals surface area contributed by atoms with Gasteiger partial charge in [-0.1, -0.05) is 0 Å². The molecule has 8 nitrogen and oxygen atoms in total. The molecule has 0 radical (unpaired) electrons. The number of hydrogen-bond donors (Lipinski definition) is 1.